The Kier molecular flexibility index (Phi) is 7.34. The summed E-state index contributed by atoms with van der Waals surface area (Å²) in [6.45, 7) is 4.74. The molecule has 2 saturated heterocycles. The van der Waals surface area contributed by atoms with Gasteiger partial charge in [-0.3, -0.25) is 19.4 Å². The summed E-state index contributed by atoms with van der Waals surface area (Å²) in [5.41, 5.74) is 3.09. The largest absolute Gasteiger partial charge is 0.310 e. The Morgan fingerprint density at radius 2 is 1.77 bits per heavy atom. The van der Waals surface area contributed by atoms with E-state index in [2.05, 4.69) is 31.3 Å². The van der Waals surface area contributed by atoms with Gasteiger partial charge in [0.15, 0.2) is 0 Å². The second-order valence-corrected chi connectivity index (χ2v) is 9.75. The zero-order chi connectivity index (χ0) is 24.2. The number of hydrogen-bond acceptors (Lipinski definition) is 6. The van der Waals surface area contributed by atoms with Gasteiger partial charge in [-0.1, -0.05) is 6.42 Å². The quantitative estimate of drug-likeness (QED) is 0.558. The summed E-state index contributed by atoms with van der Waals surface area (Å²) in [5.74, 6) is 0.469. The SMILES string of the molecule is Cn1ncc(-c2cc3cc(NC(=O)C4CCN(CCF)CC4)ncc3cn2)c1CN1CCCCC1. The zero-order valence-electron chi connectivity index (χ0n) is 20.4. The van der Waals surface area contributed by atoms with Crippen LogP contribution in [-0.4, -0.2) is 74.9 Å². The third-order valence-electron chi connectivity index (χ3n) is 7.37. The highest BCUT2D eigenvalue weighted by molar-refractivity contribution is 5.94. The standard InChI is InChI=1S/C26H34FN7O/c1-32-24(18-34-8-3-2-4-9-34)22(17-30-32)23-13-20-14-25(29-16-21(20)15-28-23)31-26(35)19-5-10-33(11-6-19)12-7-27/h13-17,19H,2-12,18H2,1H3,(H,29,31,35). The molecule has 3 aromatic rings. The van der Waals surface area contributed by atoms with Crippen molar-refractivity contribution in [3.05, 3.63) is 36.4 Å². The Hall–Kier alpha value is -2.91. The number of fused-ring (bicyclic) bond motifs is 1. The second-order valence-electron chi connectivity index (χ2n) is 9.75. The van der Waals surface area contributed by atoms with Gasteiger partial charge < -0.3 is 10.2 Å². The van der Waals surface area contributed by atoms with E-state index >= 15 is 0 Å². The molecule has 5 rings (SSSR count). The number of amides is 1. The molecule has 0 atom stereocenters. The van der Waals surface area contributed by atoms with Crippen molar-refractivity contribution in [3.63, 3.8) is 0 Å². The minimum atomic E-state index is -0.340. The van der Waals surface area contributed by atoms with Gasteiger partial charge in [0.1, 0.15) is 12.5 Å². The fourth-order valence-corrected chi connectivity index (χ4v) is 5.21. The van der Waals surface area contributed by atoms with E-state index in [1.807, 2.05) is 30.2 Å². The van der Waals surface area contributed by atoms with Crippen molar-refractivity contribution in [1.29, 1.82) is 0 Å². The predicted octanol–water partition coefficient (Wildman–Crippen LogP) is 3.64. The number of halogens is 1. The molecule has 2 aliphatic heterocycles. The van der Waals surface area contributed by atoms with Crippen LogP contribution >= 0.6 is 0 Å². The Labute approximate surface area is 205 Å². The number of likely N-dealkylation sites (tertiary alicyclic amines) is 2. The number of carbonyl (C=O) groups excluding carboxylic acids is 1. The number of alkyl halides is 1. The number of aryl methyl sites for hydroxylation is 1. The normalized spacial score (nSPS) is 18.2. The van der Waals surface area contributed by atoms with Gasteiger partial charge in [-0.15, -0.1) is 0 Å². The van der Waals surface area contributed by atoms with Crippen LogP contribution in [0.3, 0.4) is 0 Å². The summed E-state index contributed by atoms with van der Waals surface area (Å²) in [6.07, 6.45) is 10.8. The van der Waals surface area contributed by atoms with Crippen LogP contribution in [0, 0.1) is 5.92 Å². The molecule has 0 aromatic carbocycles. The van der Waals surface area contributed by atoms with E-state index in [0.717, 1.165) is 67.6 Å². The Bertz CT molecular complexity index is 1170. The average Bonchev–Trinajstić information content (AvgIpc) is 3.24. The van der Waals surface area contributed by atoms with E-state index in [1.165, 1.54) is 25.0 Å². The molecule has 186 valence electrons. The third-order valence-corrected chi connectivity index (χ3v) is 7.37. The fraction of sp³-hybridized carbons (Fsp3) is 0.538. The van der Waals surface area contributed by atoms with Crippen molar-refractivity contribution in [3.8, 4) is 11.3 Å². The third kappa shape index (κ3) is 5.51. The van der Waals surface area contributed by atoms with Crippen LogP contribution in [0.2, 0.25) is 0 Å². The van der Waals surface area contributed by atoms with Crippen molar-refractivity contribution in [2.45, 2.75) is 38.6 Å². The first-order valence-corrected chi connectivity index (χ1v) is 12.7. The molecule has 35 heavy (non-hydrogen) atoms. The highest BCUT2D eigenvalue weighted by Gasteiger charge is 2.25. The molecule has 0 radical (unpaired) electrons. The maximum absolute atomic E-state index is 12.8. The lowest BCUT2D eigenvalue weighted by Gasteiger charge is -2.30. The summed E-state index contributed by atoms with van der Waals surface area (Å²) in [7, 11) is 1.99. The van der Waals surface area contributed by atoms with Crippen LogP contribution in [0.4, 0.5) is 10.2 Å². The number of piperidine rings is 2. The van der Waals surface area contributed by atoms with Crippen LogP contribution in [0.25, 0.3) is 22.0 Å². The monoisotopic (exact) mass is 479 g/mol. The van der Waals surface area contributed by atoms with Crippen LogP contribution in [0.5, 0.6) is 0 Å². The minimum absolute atomic E-state index is 0.0119. The van der Waals surface area contributed by atoms with E-state index < -0.39 is 0 Å². The molecule has 0 spiro atoms. The van der Waals surface area contributed by atoms with E-state index in [0.29, 0.717) is 12.4 Å². The molecule has 0 aliphatic carbocycles. The molecule has 5 heterocycles. The van der Waals surface area contributed by atoms with Gasteiger partial charge in [-0.25, -0.2) is 9.37 Å². The lowest BCUT2D eigenvalue weighted by molar-refractivity contribution is -0.121. The van der Waals surface area contributed by atoms with E-state index in [-0.39, 0.29) is 18.5 Å². The lowest BCUT2D eigenvalue weighted by Crippen LogP contribution is -2.39. The Balaban J connectivity index is 1.31. The zero-order valence-corrected chi connectivity index (χ0v) is 20.4. The Morgan fingerprint density at radius 1 is 1.00 bits per heavy atom. The number of nitrogens with zero attached hydrogens (tertiary/aromatic N) is 6. The van der Waals surface area contributed by atoms with Crippen LogP contribution in [0.1, 0.15) is 37.8 Å². The summed E-state index contributed by atoms with van der Waals surface area (Å²) in [5, 5.41) is 9.42. The number of hydrogen-bond donors (Lipinski definition) is 1. The Morgan fingerprint density at radius 3 is 2.54 bits per heavy atom. The molecule has 8 nitrogen and oxygen atoms in total. The summed E-state index contributed by atoms with van der Waals surface area (Å²) in [6, 6.07) is 3.97. The molecule has 1 N–H and O–H groups in total. The van der Waals surface area contributed by atoms with Crippen molar-refractivity contribution in [1.82, 2.24) is 29.5 Å². The highest BCUT2D eigenvalue weighted by Crippen LogP contribution is 2.28. The first-order valence-electron chi connectivity index (χ1n) is 12.7. The molecule has 1 amide bonds. The van der Waals surface area contributed by atoms with E-state index in [4.69, 9.17) is 4.98 Å². The van der Waals surface area contributed by atoms with E-state index in [9.17, 15) is 9.18 Å². The molecular formula is C26H34FN7O. The van der Waals surface area contributed by atoms with E-state index in [1.54, 1.807) is 6.20 Å². The maximum atomic E-state index is 12.8. The van der Waals surface area contributed by atoms with Gasteiger partial charge >= 0.3 is 0 Å². The topological polar surface area (TPSA) is 79.2 Å². The van der Waals surface area contributed by atoms with Gasteiger partial charge in [0.2, 0.25) is 5.91 Å². The van der Waals surface area contributed by atoms with Gasteiger partial charge in [-0.05, 0) is 69.4 Å². The van der Waals surface area contributed by atoms with Crippen LogP contribution < -0.4 is 5.32 Å². The molecule has 0 unspecified atom stereocenters. The van der Waals surface area contributed by atoms with Crippen molar-refractivity contribution in [2.24, 2.45) is 13.0 Å². The highest BCUT2D eigenvalue weighted by atomic mass is 19.1. The van der Waals surface area contributed by atoms with Crippen LogP contribution in [0.15, 0.2) is 30.7 Å². The first-order chi connectivity index (χ1) is 17.1. The van der Waals surface area contributed by atoms with Crippen molar-refractivity contribution < 1.29 is 9.18 Å². The number of nitrogens with one attached hydrogen (secondary N) is 1. The number of aromatic nitrogens is 4. The summed E-state index contributed by atoms with van der Waals surface area (Å²) < 4.78 is 14.5. The number of rotatable bonds is 7. The summed E-state index contributed by atoms with van der Waals surface area (Å²) in [4.78, 5) is 26.5. The molecule has 0 bridgehead atoms. The minimum Gasteiger partial charge on any atom is -0.310 e. The number of carbonyl (C=O) groups is 1. The summed E-state index contributed by atoms with van der Waals surface area (Å²) >= 11 is 0. The van der Waals surface area contributed by atoms with Crippen LogP contribution in [-0.2, 0) is 18.4 Å². The molecule has 2 aliphatic rings. The molecule has 0 saturated carbocycles. The smallest absolute Gasteiger partial charge is 0.228 e. The van der Waals surface area contributed by atoms with Gasteiger partial charge in [0, 0.05) is 49.4 Å². The van der Waals surface area contributed by atoms with Gasteiger partial charge in [-0.2, -0.15) is 5.10 Å². The molecule has 9 heteroatoms. The second kappa shape index (κ2) is 10.8. The molecular weight excluding hydrogens is 445 g/mol. The first kappa shape index (κ1) is 23.8. The fourth-order valence-electron chi connectivity index (χ4n) is 5.21. The molecule has 2 fully saturated rings. The maximum Gasteiger partial charge on any atom is 0.228 e. The lowest BCUT2D eigenvalue weighted by atomic mass is 9.96. The van der Waals surface area contributed by atoms with Crippen molar-refractivity contribution in [2.75, 3.05) is 44.7 Å². The van der Waals surface area contributed by atoms with Gasteiger partial charge in [0.25, 0.3) is 0 Å². The van der Waals surface area contributed by atoms with Gasteiger partial charge in [0.05, 0.1) is 17.6 Å². The number of anilines is 1. The average molecular weight is 480 g/mol. The number of pyridine rings is 2. The molecule has 3 aromatic heterocycles. The van der Waals surface area contributed by atoms with Crippen molar-refractivity contribution >= 4 is 22.5 Å². The predicted molar refractivity (Wildman–Crippen MR) is 135 cm³/mol.